The van der Waals surface area contributed by atoms with E-state index in [1.54, 1.807) is 18.2 Å². The third-order valence-electron chi connectivity index (χ3n) is 4.64. The summed E-state index contributed by atoms with van der Waals surface area (Å²) in [6, 6.07) is 13.2. The van der Waals surface area contributed by atoms with Crippen molar-refractivity contribution in [2.45, 2.75) is 19.5 Å². The Balaban J connectivity index is 1.73. The van der Waals surface area contributed by atoms with Crippen molar-refractivity contribution in [2.24, 2.45) is 0 Å². The SMILES string of the molecule is CC1=CC(=O)N(Cc2ccc(Br)cc2)C1c1c[nH]c2cc(O)ccc12. The second-order valence-corrected chi connectivity index (χ2v) is 7.27. The third kappa shape index (κ3) is 2.85. The average Bonchev–Trinajstić information content (AvgIpc) is 3.10. The summed E-state index contributed by atoms with van der Waals surface area (Å²) >= 11 is 3.44. The quantitative estimate of drug-likeness (QED) is 0.675. The lowest BCUT2D eigenvalue weighted by Gasteiger charge is -2.26. The van der Waals surface area contributed by atoms with E-state index in [4.69, 9.17) is 0 Å². The van der Waals surface area contributed by atoms with E-state index in [9.17, 15) is 9.90 Å². The van der Waals surface area contributed by atoms with Crippen molar-refractivity contribution < 1.29 is 9.90 Å². The van der Waals surface area contributed by atoms with Gasteiger partial charge < -0.3 is 15.0 Å². The van der Waals surface area contributed by atoms with Gasteiger partial charge in [-0.15, -0.1) is 0 Å². The number of carbonyl (C=O) groups excluding carboxylic acids is 1. The number of nitrogens with one attached hydrogen (secondary N) is 1. The summed E-state index contributed by atoms with van der Waals surface area (Å²) in [5.41, 5.74) is 4.02. The molecule has 0 saturated carbocycles. The van der Waals surface area contributed by atoms with Crippen molar-refractivity contribution in [3.63, 3.8) is 0 Å². The van der Waals surface area contributed by atoms with E-state index < -0.39 is 0 Å². The second-order valence-electron chi connectivity index (χ2n) is 6.36. The van der Waals surface area contributed by atoms with Crippen LogP contribution >= 0.6 is 15.9 Å². The highest BCUT2D eigenvalue weighted by molar-refractivity contribution is 9.10. The van der Waals surface area contributed by atoms with Gasteiger partial charge >= 0.3 is 0 Å². The molecule has 25 heavy (non-hydrogen) atoms. The van der Waals surface area contributed by atoms with E-state index in [-0.39, 0.29) is 17.7 Å². The number of phenolic OH excluding ortho intramolecular Hbond substituents is 1. The number of rotatable bonds is 3. The number of aromatic nitrogens is 1. The number of hydrogen-bond acceptors (Lipinski definition) is 2. The van der Waals surface area contributed by atoms with Gasteiger partial charge in [-0.1, -0.05) is 28.1 Å². The zero-order valence-electron chi connectivity index (χ0n) is 13.7. The van der Waals surface area contributed by atoms with Crippen LogP contribution in [-0.2, 0) is 11.3 Å². The first-order chi connectivity index (χ1) is 12.0. The molecule has 0 fully saturated rings. The van der Waals surface area contributed by atoms with E-state index >= 15 is 0 Å². The summed E-state index contributed by atoms with van der Waals surface area (Å²) in [4.78, 5) is 17.6. The van der Waals surface area contributed by atoms with Crippen molar-refractivity contribution in [3.05, 3.63) is 75.9 Å². The van der Waals surface area contributed by atoms with Crippen LogP contribution in [0, 0.1) is 0 Å². The van der Waals surface area contributed by atoms with Gasteiger partial charge in [0, 0.05) is 45.8 Å². The van der Waals surface area contributed by atoms with Crippen LogP contribution in [0.5, 0.6) is 5.75 Å². The number of carbonyl (C=O) groups is 1. The number of aromatic amines is 1. The fourth-order valence-electron chi connectivity index (χ4n) is 3.46. The van der Waals surface area contributed by atoms with E-state index in [1.807, 2.05) is 48.4 Å². The predicted molar refractivity (Wildman–Crippen MR) is 101 cm³/mol. The van der Waals surface area contributed by atoms with E-state index in [0.29, 0.717) is 6.54 Å². The van der Waals surface area contributed by atoms with E-state index in [0.717, 1.165) is 32.1 Å². The largest absolute Gasteiger partial charge is 0.508 e. The van der Waals surface area contributed by atoms with Gasteiger partial charge in [0.1, 0.15) is 5.75 Å². The normalized spacial score (nSPS) is 17.4. The maximum atomic E-state index is 12.5. The molecular formula is C20H17BrN2O2. The minimum Gasteiger partial charge on any atom is -0.508 e. The smallest absolute Gasteiger partial charge is 0.247 e. The third-order valence-corrected chi connectivity index (χ3v) is 5.16. The molecule has 0 aliphatic carbocycles. The first-order valence-electron chi connectivity index (χ1n) is 8.06. The lowest BCUT2D eigenvalue weighted by molar-refractivity contribution is -0.126. The Hall–Kier alpha value is -2.53. The Morgan fingerprint density at radius 2 is 1.96 bits per heavy atom. The van der Waals surface area contributed by atoms with Crippen LogP contribution in [-0.4, -0.2) is 20.9 Å². The molecular weight excluding hydrogens is 380 g/mol. The lowest BCUT2D eigenvalue weighted by atomic mass is 10.00. The number of H-pyrrole nitrogens is 1. The van der Waals surface area contributed by atoms with Crippen molar-refractivity contribution in [2.75, 3.05) is 0 Å². The molecule has 1 amide bonds. The van der Waals surface area contributed by atoms with Gasteiger partial charge in [-0.2, -0.15) is 0 Å². The number of hydrogen-bond donors (Lipinski definition) is 2. The number of fused-ring (bicyclic) bond motifs is 1. The number of amides is 1. The zero-order chi connectivity index (χ0) is 17.6. The second kappa shape index (κ2) is 6.08. The van der Waals surface area contributed by atoms with Gasteiger partial charge in [0.15, 0.2) is 0 Å². The molecule has 2 heterocycles. The van der Waals surface area contributed by atoms with Crippen molar-refractivity contribution in [3.8, 4) is 5.75 Å². The van der Waals surface area contributed by atoms with Gasteiger partial charge in [-0.25, -0.2) is 0 Å². The molecule has 2 aromatic carbocycles. The Morgan fingerprint density at radius 3 is 2.72 bits per heavy atom. The molecule has 0 radical (unpaired) electrons. The molecule has 4 nitrogen and oxygen atoms in total. The molecule has 1 aromatic heterocycles. The number of halogens is 1. The summed E-state index contributed by atoms with van der Waals surface area (Å²) in [6.45, 7) is 2.54. The summed E-state index contributed by atoms with van der Waals surface area (Å²) in [5, 5.41) is 10.7. The van der Waals surface area contributed by atoms with Crippen LogP contribution in [0.1, 0.15) is 24.1 Å². The molecule has 1 aliphatic rings. The minimum absolute atomic E-state index is 0.0264. The maximum Gasteiger partial charge on any atom is 0.247 e. The highest BCUT2D eigenvalue weighted by atomic mass is 79.9. The molecule has 2 N–H and O–H groups in total. The summed E-state index contributed by atoms with van der Waals surface area (Å²) in [6.07, 6.45) is 3.64. The maximum absolute atomic E-state index is 12.5. The van der Waals surface area contributed by atoms with Crippen LogP contribution < -0.4 is 0 Å². The van der Waals surface area contributed by atoms with E-state index in [2.05, 4.69) is 20.9 Å². The first-order valence-corrected chi connectivity index (χ1v) is 8.85. The number of nitrogens with zero attached hydrogens (tertiary/aromatic N) is 1. The average molecular weight is 397 g/mol. The van der Waals surface area contributed by atoms with Crippen LogP contribution in [0.2, 0.25) is 0 Å². The van der Waals surface area contributed by atoms with Gasteiger partial charge in [0.2, 0.25) is 5.91 Å². The minimum atomic E-state index is -0.102. The highest BCUT2D eigenvalue weighted by Gasteiger charge is 2.33. The van der Waals surface area contributed by atoms with Gasteiger partial charge in [0.25, 0.3) is 0 Å². The predicted octanol–water partition coefficient (Wildman–Crippen LogP) is 4.67. The van der Waals surface area contributed by atoms with Crippen LogP contribution in [0.15, 0.2) is 64.8 Å². The molecule has 1 atom stereocenters. The molecule has 1 unspecified atom stereocenters. The van der Waals surface area contributed by atoms with Crippen LogP contribution in [0.4, 0.5) is 0 Å². The van der Waals surface area contributed by atoms with Gasteiger partial charge in [0.05, 0.1) is 6.04 Å². The first kappa shape index (κ1) is 16.0. The van der Waals surface area contributed by atoms with E-state index in [1.165, 1.54) is 0 Å². The highest BCUT2D eigenvalue weighted by Crippen LogP contribution is 2.39. The molecule has 0 spiro atoms. The topological polar surface area (TPSA) is 56.3 Å². The van der Waals surface area contributed by atoms with Crippen LogP contribution in [0.25, 0.3) is 10.9 Å². The lowest BCUT2D eigenvalue weighted by Crippen LogP contribution is -2.28. The molecule has 126 valence electrons. The monoisotopic (exact) mass is 396 g/mol. The molecule has 0 bridgehead atoms. The Kier molecular flexibility index (Phi) is 3.88. The molecule has 0 saturated heterocycles. The molecule has 4 rings (SSSR count). The van der Waals surface area contributed by atoms with Crippen molar-refractivity contribution >= 4 is 32.7 Å². The van der Waals surface area contributed by atoms with Gasteiger partial charge in [-0.3, -0.25) is 4.79 Å². The Labute approximate surface area is 153 Å². The summed E-state index contributed by atoms with van der Waals surface area (Å²) in [5.74, 6) is 0.251. The Bertz CT molecular complexity index is 989. The van der Waals surface area contributed by atoms with Gasteiger partial charge in [-0.05, 0) is 42.3 Å². The number of benzene rings is 2. The number of phenols is 1. The molecule has 3 aromatic rings. The summed E-state index contributed by atoms with van der Waals surface area (Å²) < 4.78 is 1.02. The summed E-state index contributed by atoms with van der Waals surface area (Å²) in [7, 11) is 0. The zero-order valence-corrected chi connectivity index (χ0v) is 15.2. The fraction of sp³-hybridized carbons (Fsp3) is 0.150. The standard InChI is InChI=1S/C20H17BrN2O2/c1-12-8-19(25)23(11-13-2-4-14(21)5-3-13)20(12)17-10-22-18-9-15(24)6-7-16(17)18/h2-10,20,22,24H,11H2,1H3. The Morgan fingerprint density at radius 1 is 1.20 bits per heavy atom. The number of aromatic hydroxyl groups is 1. The molecule has 5 heteroatoms. The van der Waals surface area contributed by atoms with Crippen molar-refractivity contribution in [1.82, 2.24) is 9.88 Å². The van der Waals surface area contributed by atoms with Crippen molar-refractivity contribution in [1.29, 1.82) is 0 Å². The fourth-order valence-corrected chi connectivity index (χ4v) is 3.73. The molecule has 1 aliphatic heterocycles. The van der Waals surface area contributed by atoms with Crippen LogP contribution in [0.3, 0.4) is 0 Å².